The summed E-state index contributed by atoms with van der Waals surface area (Å²) >= 11 is 0. The van der Waals surface area contributed by atoms with Crippen LogP contribution in [0.15, 0.2) is 29.2 Å². The first-order chi connectivity index (χ1) is 9.62. The molecule has 2 rings (SSSR count). The number of nitrogens with one attached hydrogen (secondary N) is 1. The third-order valence-corrected chi connectivity index (χ3v) is 4.82. The number of hydrogen-bond acceptors (Lipinski definition) is 3. The molecule has 0 heterocycles. The molecule has 4 nitrogen and oxygen atoms in total. The van der Waals surface area contributed by atoms with Gasteiger partial charge in [-0.1, -0.05) is 24.3 Å². The van der Waals surface area contributed by atoms with Gasteiger partial charge in [-0.15, -0.1) is 0 Å². The zero-order chi connectivity index (χ0) is 14.4. The molecule has 20 heavy (non-hydrogen) atoms. The van der Waals surface area contributed by atoms with Gasteiger partial charge < -0.3 is 5.11 Å². The van der Waals surface area contributed by atoms with Crippen molar-refractivity contribution in [2.24, 2.45) is 5.92 Å². The summed E-state index contributed by atoms with van der Waals surface area (Å²) in [5.41, 5.74) is 0.643. The highest BCUT2D eigenvalue weighted by molar-refractivity contribution is 7.89. The summed E-state index contributed by atoms with van der Waals surface area (Å²) in [5.74, 6) is 6.11. The smallest absolute Gasteiger partial charge is 0.240 e. The lowest BCUT2D eigenvalue weighted by atomic mass is 9.86. The average Bonchev–Trinajstić information content (AvgIpc) is 2.37. The molecule has 1 aromatic carbocycles. The van der Waals surface area contributed by atoms with Gasteiger partial charge in [0.05, 0.1) is 11.5 Å². The Kier molecular flexibility index (Phi) is 5.18. The van der Waals surface area contributed by atoms with Crippen LogP contribution in [-0.2, 0) is 10.0 Å². The van der Waals surface area contributed by atoms with Crippen LogP contribution in [0.4, 0.5) is 0 Å². The van der Waals surface area contributed by atoms with E-state index in [4.69, 9.17) is 5.11 Å². The third-order valence-electron chi connectivity index (χ3n) is 3.40. The van der Waals surface area contributed by atoms with Crippen molar-refractivity contribution in [2.75, 3.05) is 13.2 Å². The van der Waals surface area contributed by atoms with E-state index in [1.807, 2.05) is 0 Å². The van der Waals surface area contributed by atoms with E-state index in [0.29, 0.717) is 24.4 Å². The first-order valence-corrected chi connectivity index (χ1v) is 8.29. The van der Waals surface area contributed by atoms with Crippen molar-refractivity contribution in [1.29, 1.82) is 0 Å². The molecule has 1 aromatic rings. The minimum Gasteiger partial charge on any atom is -0.395 e. The Morgan fingerprint density at radius 2 is 2.15 bits per heavy atom. The van der Waals surface area contributed by atoms with Crippen LogP contribution in [0.1, 0.15) is 31.2 Å². The Bertz CT molecular complexity index is 609. The molecule has 0 aromatic heterocycles. The maximum absolute atomic E-state index is 12.2. The lowest BCUT2D eigenvalue weighted by Gasteiger charge is -2.25. The van der Waals surface area contributed by atoms with Gasteiger partial charge in [0.25, 0.3) is 0 Å². The highest BCUT2D eigenvalue weighted by Gasteiger charge is 2.21. The Morgan fingerprint density at radius 3 is 2.80 bits per heavy atom. The first-order valence-electron chi connectivity index (χ1n) is 6.81. The number of hydrogen-bond donors (Lipinski definition) is 2. The van der Waals surface area contributed by atoms with Gasteiger partial charge in [0.1, 0.15) is 0 Å². The minimum atomic E-state index is -3.45. The highest BCUT2D eigenvalue weighted by atomic mass is 32.2. The van der Waals surface area contributed by atoms with Gasteiger partial charge in [0, 0.05) is 18.5 Å². The van der Waals surface area contributed by atoms with Crippen LogP contribution in [0, 0.1) is 17.8 Å². The molecule has 1 fully saturated rings. The second kappa shape index (κ2) is 6.89. The minimum absolute atomic E-state index is 0.00787. The van der Waals surface area contributed by atoms with E-state index < -0.39 is 10.0 Å². The Morgan fingerprint density at radius 1 is 1.35 bits per heavy atom. The van der Waals surface area contributed by atoms with Crippen molar-refractivity contribution in [1.82, 2.24) is 4.72 Å². The fourth-order valence-electron chi connectivity index (χ4n) is 1.97. The predicted octanol–water partition coefficient (Wildman–Crippen LogP) is 1.50. The van der Waals surface area contributed by atoms with Crippen LogP contribution >= 0.6 is 0 Å². The van der Waals surface area contributed by atoms with Crippen molar-refractivity contribution in [3.8, 4) is 11.8 Å². The van der Waals surface area contributed by atoms with E-state index in [2.05, 4.69) is 16.6 Å². The fraction of sp³-hybridized carbons (Fsp3) is 0.467. The second-order valence-corrected chi connectivity index (χ2v) is 6.72. The topological polar surface area (TPSA) is 66.4 Å². The van der Waals surface area contributed by atoms with Crippen LogP contribution in [0.5, 0.6) is 0 Å². The molecule has 5 heteroatoms. The molecule has 0 bridgehead atoms. The van der Waals surface area contributed by atoms with Gasteiger partial charge in [-0.3, -0.25) is 0 Å². The molecule has 0 atom stereocenters. The summed E-state index contributed by atoms with van der Waals surface area (Å²) in [4.78, 5) is 0.243. The van der Waals surface area contributed by atoms with E-state index in [0.717, 1.165) is 12.8 Å². The van der Waals surface area contributed by atoms with Gasteiger partial charge in [0.15, 0.2) is 0 Å². The molecular weight excluding hydrogens is 274 g/mol. The largest absolute Gasteiger partial charge is 0.395 e. The number of benzene rings is 1. The zero-order valence-corrected chi connectivity index (χ0v) is 12.1. The summed E-state index contributed by atoms with van der Waals surface area (Å²) in [6.07, 6.45) is 3.80. The van der Waals surface area contributed by atoms with Crippen LogP contribution in [0.2, 0.25) is 0 Å². The quantitative estimate of drug-likeness (QED) is 0.809. The molecule has 2 N–H and O–H groups in total. The monoisotopic (exact) mass is 293 g/mol. The molecule has 0 unspecified atom stereocenters. The van der Waals surface area contributed by atoms with Gasteiger partial charge in [0.2, 0.25) is 10.0 Å². The van der Waals surface area contributed by atoms with E-state index in [9.17, 15) is 8.42 Å². The van der Waals surface area contributed by atoms with Gasteiger partial charge in [-0.05, 0) is 37.0 Å². The van der Waals surface area contributed by atoms with E-state index in [1.54, 1.807) is 24.3 Å². The van der Waals surface area contributed by atoms with E-state index in [-0.39, 0.29) is 11.5 Å². The lowest BCUT2D eigenvalue weighted by Crippen LogP contribution is -2.32. The standard InChI is InChI=1S/C15H19NO3S/c17-10-2-1-5-13-6-4-9-15(11-13)20(18,19)16-12-14-7-3-8-14/h4,6,9,11,14,16-17H,2-3,7-8,10,12H2. The van der Waals surface area contributed by atoms with Crippen molar-refractivity contribution in [3.63, 3.8) is 0 Å². The summed E-state index contributed by atoms with van der Waals surface area (Å²) in [5, 5.41) is 8.67. The Labute approximate surface area is 120 Å². The molecule has 1 aliphatic carbocycles. The molecule has 0 amide bonds. The van der Waals surface area contributed by atoms with Crippen molar-refractivity contribution in [3.05, 3.63) is 29.8 Å². The average molecular weight is 293 g/mol. The number of aliphatic hydroxyl groups is 1. The highest BCUT2D eigenvalue weighted by Crippen LogP contribution is 2.25. The van der Waals surface area contributed by atoms with Gasteiger partial charge in [-0.25, -0.2) is 13.1 Å². The number of aliphatic hydroxyl groups excluding tert-OH is 1. The van der Waals surface area contributed by atoms with E-state index >= 15 is 0 Å². The van der Waals surface area contributed by atoms with E-state index in [1.165, 1.54) is 6.42 Å². The lowest BCUT2D eigenvalue weighted by molar-refractivity contribution is 0.305. The zero-order valence-electron chi connectivity index (χ0n) is 11.3. The molecule has 0 radical (unpaired) electrons. The van der Waals surface area contributed by atoms with Gasteiger partial charge >= 0.3 is 0 Å². The third kappa shape index (κ3) is 4.07. The van der Waals surface area contributed by atoms with Crippen LogP contribution in [-0.4, -0.2) is 26.7 Å². The molecule has 1 aliphatic rings. The molecule has 1 saturated carbocycles. The maximum Gasteiger partial charge on any atom is 0.240 e. The maximum atomic E-state index is 12.2. The summed E-state index contributed by atoms with van der Waals surface area (Å²) in [6.45, 7) is 0.524. The first kappa shape index (κ1) is 15.0. The second-order valence-electron chi connectivity index (χ2n) is 4.95. The summed E-state index contributed by atoms with van der Waals surface area (Å²) < 4.78 is 27.0. The number of rotatable bonds is 5. The Hall–Kier alpha value is -1.35. The van der Waals surface area contributed by atoms with Crippen molar-refractivity contribution >= 4 is 10.0 Å². The van der Waals surface area contributed by atoms with Gasteiger partial charge in [-0.2, -0.15) is 0 Å². The normalized spacial score (nSPS) is 15.2. The molecule has 0 spiro atoms. The fourth-order valence-corrected chi connectivity index (χ4v) is 3.13. The predicted molar refractivity (Wildman–Crippen MR) is 77.6 cm³/mol. The molecular formula is C15H19NO3S. The van der Waals surface area contributed by atoms with Crippen LogP contribution < -0.4 is 4.72 Å². The molecule has 108 valence electrons. The molecule has 0 saturated heterocycles. The van der Waals surface area contributed by atoms with Crippen molar-refractivity contribution < 1.29 is 13.5 Å². The number of sulfonamides is 1. The SMILES string of the molecule is O=S(=O)(NCC1CCC1)c1cccc(C#CCCO)c1. The summed E-state index contributed by atoms with van der Waals surface area (Å²) in [6, 6.07) is 6.57. The van der Waals surface area contributed by atoms with Crippen molar-refractivity contribution in [2.45, 2.75) is 30.6 Å². The Balaban J connectivity index is 2.06. The van der Waals surface area contributed by atoms with Crippen LogP contribution in [0.25, 0.3) is 0 Å². The molecule has 0 aliphatic heterocycles. The summed E-state index contributed by atoms with van der Waals surface area (Å²) in [7, 11) is -3.45. The van der Waals surface area contributed by atoms with Crippen LogP contribution in [0.3, 0.4) is 0 Å².